The van der Waals surface area contributed by atoms with Crippen molar-refractivity contribution < 1.29 is 19.1 Å². The highest BCUT2D eigenvalue weighted by atomic mass is 16.5. The second-order valence-corrected chi connectivity index (χ2v) is 4.65. The van der Waals surface area contributed by atoms with E-state index >= 15 is 0 Å². The Morgan fingerprint density at radius 1 is 1.20 bits per heavy atom. The van der Waals surface area contributed by atoms with Crippen LogP contribution in [-0.2, 0) is 14.4 Å². The number of fused-ring (bicyclic) bond motifs is 1. The minimum Gasteiger partial charge on any atom is -0.477 e. The zero-order chi connectivity index (χ0) is 14.1. The number of carbonyl (C=O) groups excluding carboxylic acids is 3. The molecule has 2 N–H and O–H groups in total. The van der Waals surface area contributed by atoms with Gasteiger partial charge in [0.1, 0.15) is 18.8 Å². The minimum atomic E-state index is -0.733. The van der Waals surface area contributed by atoms with E-state index in [1.165, 1.54) is 4.90 Å². The SMILES string of the molecule is O=C1CN(C(=O)C2CNc3ccccc3O2)CC(=O)N1. The Labute approximate surface area is 114 Å². The summed E-state index contributed by atoms with van der Waals surface area (Å²) in [5.41, 5.74) is 0.823. The number of anilines is 1. The highest BCUT2D eigenvalue weighted by molar-refractivity contribution is 6.03. The number of benzene rings is 1. The molecule has 7 heteroatoms. The van der Waals surface area contributed by atoms with Crippen LogP contribution in [0.3, 0.4) is 0 Å². The van der Waals surface area contributed by atoms with E-state index < -0.39 is 17.9 Å². The fraction of sp³-hybridized carbons (Fsp3) is 0.308. The molecule has 1 aromatic rings. The zero-order valence-corrected chi connectivity index (χ0v) is 10.6. The van der Waals surface area contributed by atoms with Crippen LogP contribution >= 0.6 is 0 Å². The molecule has 2 heterocycles. The van der Waals surface area contributed by atoms with E-state index in [4.69, 9.17) is 4.74 Å². The molecule has 104 valence electrons. The van der Waals surface area contributed by atoms with Crippen molar-refractivity contribution in [1.82, 2.24) is 10.2 Å². The van der Waals surface area contributed by atoms with Crippen molar-refractivity contribution in [2.45, 2.75) is 6.10 Å². The number of rotatable bonds is 1. The Kier molecular flexibility index (Phi) is 3.02. The molecular formula is C13H13N3O4. The standard InChI is InChI=1S/C13H13N3O4/c17-11-6-16(7-12(18)15-11)13(19)10-5-14-8-3-1-2-4-9(8)20-10/h1-4,10,14H,5-7H2,(H,15,17,18). The molecule has 2 aliphatic heterocycles. The largest absolute Gasteiger partial charge is 0.477 e. The molecule has 1 atom stereocenters. The van der Waals surface area contributed by atoms with Crippen molar-refractivity contribution in [3.05, 3.63) is 24.3 Å². The Morgan fingerprint density at radius 2 is 1.90 bits per heavy atom. The number of ether oxygens (including phenoxy) is 1. The number of hydrogen-bond acceptors (Lipinski definition) is 5. The fourth-order valence-corrected chi connectivity index (χ4v) is 2.25. The third-order valence-corrected chi connectivity index (χ3v) is 3.17. The molecule has 1 aromatic carbocycles. The van der Waals surface area contributed by atoms with E-state index in [9.17, 15) is 14.4 Å². The van der Waals surface area contributed by atoms with Gasteiger partial charge in [-0.15, -0.1) is 0 Å². The number of hydrogen-bond donors (Lipinski definition) is 2. The van der Waals surface area contributed by atoms with E-state index in [-0.39, 0.29) is 19.0 Å². The molecule has 0 bridgehead atoms. The Balaban J connectivity index is 1.73. The average Bonchev–Trinajstić information content (AvgIpc) is 2.45. The molecule has 1 unspecified atom stereocenters. The van der Waals surface area contributed by atoms with Gasteiger partial charge in [0.05, 0.1) is 12.2 Å². The van der Waals surface area contributed by atoms with Crippen LogP contribution in [0.5, 0.6) is 5.75 Å². The van der Waals surface area contributed by atoms with Crippen molar-refractivity contribution in [3.8, 4) is 5.75 Å². The van der Waals surface area contributed by atoms with Gasteiger partial charge in [0.2, 0.25) is 11.8 Å². The molecule has 0 spiro atoms. The summed E-state index contributed by atoms with van der Waals surface area (Å²) in [6, 6.07) is 7.29. The maximum atomic E-state index is 12.3. The molecular weight excluding hydrogens is 262 g/mol. The van der Waals surface area contributed by atoms with Crippen molar-refractivity contribution >= 4 is 23.4 Å². The van der Waals surface area contributed by atoms with Crippen molar-refractivity contribution in [3.63, 3.8) is 0 Å². The Hall–Kier alpha value is -2.57. The summed E-state index contributed by atoms with van der Waals surface area (Å²) in [6.07, 6.45) is -0.733. The fourth-order valence-electron chi connectivity index (χ4n) is 2.25. The van der Waals surface area contributed by atoms with Gasteiger partial charge < -0.3 is 15.0 Å². The van der Waals surface area contributed by atoms with E-state index in [1.54, 1.807) is 6.07 Å². The van der Waals surface area contributed by atoms with Crippen LogP contribution in [0.4, 0.5) is 5.69 Å². The maximum absolute atomic E-state index is 12.3. The van der Waals surface area contributed by atoms with Crippen molar-refractivity contribution in [2.75, 3.05) is 25.0 Å². The highest BCUT2D eigenvalue weighted by Gasteiger charge is 2.34. The number of amides is 3. The molecule has 0 aromatic heterocycles. The highest BCUT2D eigenvalue weighted by Crippen LogP contribution is 2.28. The third-order valence-electron chi connectivity index (χ3n) is 3.17. The molecule has 2 aliphatic rings. The van der Waals surface area contributed by atoms with E-state index in [1.807, 2.05) is 18.2 Å². The number of nitrogens with one attached hydrogen (secondary N) is 2. The predicted molar refractivity (Wildman–Crippen MR) is 69.1 cm³/mol. The van der Waals surface area contributed by atoms with Gasteiger partial charge in [0, 0.05) is 0 Å². The first-order chi connectivity index (χ1) is 9.63. The summed E-state index contributed by atoms with van der Waals surface area (Å²) >= 11 is 0. The number of piperazine rings is 1. The van der Waals surface area contributed by atoms with E-state index in [0.29, 0.717) is 12.3 Å². The molecule has 3 rings (SSSR count). The Bertz CT molecular complexity index is 571. The van der Waals surface area contributed by atoms with Crippen LogP contribution in [0.1, 0.15) is 0 Å². The average molecular weight is 275 g/mol. The summed E-state index contributed by atoms with van der Waals surface area (Å²) < 4.78 is 5.62. The quantitative estimate of drug-likeness (QED) is 0.665. The number of nitrogens with zero attached hydrogens (tertiary/aromatic N) is 1. The monoisotopic (exact) mass is 275 g/mol. The maximum Gasteiger partial charge on any atom is 0.266 e. The second-order valence-electron chi connectivity index (χ2n) is 4.65. The topological polar surface area (TPSA) is 87.7 Å². The molecule has 1 saturated heterocycles. The zero-order valence-electron chi connectivity index (χ0n) is 10.6. The second kappa shape index (κ2) is 4.84. The van der Waals surface area contributed by atoms with Gasteiger partial charge in [-0.1, -0.05) is 12.1 Å². The predicted octanol–water partition coefficient (Wildman–Crippen LogP) is -0.655. The lowest BCUT2D eigenvalue weighted by Crippen LogP contribution is -2.57. The molecule has 1 fully saturated rings. The summed E-state index contributed by atoms with van der Waals surface area (Å²) in [7, 11) is 0. The molecule has 0 aliphatic carbocycles. The smallest absolute Gasteiger partial charge is 0.266 e. The lowest BCUT2D eigenvalue weighted by molar-refractivity contribution is -0.149. The normalized spacial score (nSPS) is 21.4. The van der Waals surface area contributed by atoms with Gasteiger partial charge in [0.15, 0.2) is 6.10 Å². The van der Waals surface area contributed by atoms with Gasteiger partial charge in [-0.2, -0.15) is 0 Å². The molecule has 20 heavy (non-hydrogen) atoms. The summed E-state index contributed by atoms with van der Waals surface area (Å²) in [5, 5.41) is 5.25. The summed E-state index contributed by atoms with van der Waals surface area (Å²) in [4.78, 5) is 36.1. The summed E-state index contributed by atoms with van der Waals surface area (Å²) in [5.74, 6) is -0.724. The van der Waals surface area contributed by atoms with Crippen LogP contribution in [0, 0.1) is 0 Å². The lowest BCUT2D eigenvalue weighted by atomic mass is 10.2. The Morgan fingerprint density at radius 3 is 2.65 bits per heavy atom. The van der Waals surface area contributed by atoms with Gasteiger partial charge in [-0.3, -0.25) is 19.7 Å². The minimum absolute atomic E-state index is 0.119. The van der Waals surface area contributed by atoms with Crippen molar-refractivity contribution in [2.24, 2.45) is 0 Å². The third kappa shape index (κ3) is 2.29. The van der Waals surface area contributed by atoms with E-state index in [0.717, 1.165) is 5.69 Å². The molecule has 0 radical (unpaired) electrons. The first-order valence-electron chi connectivity index (χ1n) is 6.24. The van der Waals surface area contributed by atoms with E-state index in [2.05, 4.69) is 10.6 Å². The van der Waals surface area contributed by atoms with Crippen LogP contribution in [0.2, 0.25) is 0 Å². The molecule has 0 saturated carbocycles. The molecule has 7 nitrogen and oxygen atoms in total. The molecule has 3 amide bonds. The van der Waals surface area contributed by atoms with Gasteiger partial charge in [0.25, 0.3) is 5.91 Å². The number of carbonyl (C=O) groups is 3. The van der Waals surface area contributed by atoms with Crippen LogP contribution in [-0.4, -0.2) is 48.4 Å². The number of para-hydroxylation sites is 2. The van der Waals surface area contributed by atoms with Gasteiger partial charge >= 0.3 is 0 Å². The van der Waals surface area contributed by atoms with Crippen LogP contribution in [0.15, 0.2) is 24.3 Å². The van der Waals surface area contributed by atoms with Crippen molar-refractivity contribution in [1.29, 1.82) is 0 Å². The first kappa shape index (κ1) is 12.5. The van der Waals surface area contributed by atoms with Gasteiger partial charge in [-0.25, -0.2) is 0 Å². The van der Waals surface area contributed by atoms with Crippen LogP contribution < -0.4 is 15.4 Å². The first-order valence-corrected chi connectivity index (χ1v) is 6.24. The number of imide groups is 1. The van der Waals surface area contributed by atoms with Gasteiger partial charge in [-0.05, 0) is 12.1 Å². The van der Waals surface area contributed by atoms with Crippen LogP contribution in [0.25, 0.3) is 0 Å². The lowest BCUT2D eigenvalue weighted by Gasteiger charge is -2.32. The summed E-state index contributed by atoms with van der Waals surface area (Å²) in [6.45, 7) is 0.0698.